The first-order valence-corrected chi connectivity index (χ1v) is 10.9. The first kappa shape index (κ1) is 23.6. The van der Waals surface area contributed by atoms with Gasteiger partial charge in [-0.2, -0.15) is 0 Å². The third kappa shape index (κ3) is 7.67. The number of nitrogens with one attached hydrogen (secondary N) is 2. The molecule has 2 N–H and O–H groups in total. The number of hydrogen-bond donors (Lipinski definition) is 2. The largest absolute Gasteiger partial charge is 0.381 e. The van der Waals surface area contributed by atoms with E-state index in [1.54, 1.807) is 24.6 Å². The Balaban J connectivity index is 0.00000338. The maximum Gasteiger partial charge on any atom is 0.250 e. The fourth-order valence-corrected chi connectivity index (χ4v) is 4.82. The summed E-state index contributed by atoms with van der Waals surface area (Å²) in [5.74, 6) is 1.49. The summed E-state index contributed by atoms with van der Waals surface area (Å²) in [5.41, 5.74) is 0. The molecule has 10 heteroatoms. The highest BCUT2D eigenvalue weighted by Gasteiger charge is 2.16. The molecular weight excluding hydrogens is 487 g/mol. The Labute approximate surface area is 177 Å². The van der Waals surface area contributed by atoms with Crippen molar-refractivity contribution in [1.82, 2.24) is 14.9 Å². The first-order valence-electron chi connectivity index (χ1n) is 8.55. The van der Waals surface area contributed by atoms with Crippen LogP contribution in [0.25, 0.3) is 0 Å². The number of halogens is 1. The van der Waals surface area contributed by atoms with Crippen LogP contribution in [0, 0.1) is 5.92 Å². The topological polar surface area (TPSA) is 83.0 Å². The molecule has 0 aromatic carbocycles. The molecule has 1 aliphatic heterocycles. The van der Waals surface area contributed by atoms with Crippen molar-refractivity contribution in [3.8, 4) is 0 Å². The van der Waals surface area contributed by atoms with E-state index in [0.29, 0.717) is 23.2 Å². The third-order valence-corrected chi connectivity index (χ3v) is 7.11. The molecule has 0 aliphatic carbocycles. The van der Waals surface area contributed by atoms with E-state index in [-0.39, 0.29) is 24.0 Å². The molecule has 0 radical (unpaired) electrons. The van der Waals surface area contributed by atoms with E-state index in [1.165, 1.54) is 11.3 Å². The molecule has 0 bridgehead atoms. The van der Waals surface area contributed by atoms with Crippen LogP contribution < -0.4 is 10.0 Å². The summed E-state index contributed by atoms with van der Waals surface area (Å²) in [5, 5.41) is 4.95. The van der Waals surface area contributed by atoms with Crippen molar-refractivity contribution in [1.29, 1.82) is 0 Å². The van der Waals surface area contributed by atoms with Crippen molar-refractivity contribution < 1.29 is 13.2 Å². The Kier molecular flexibility index (Phi) is 11.0. The molecule has 0 amide bonds. The lowest BCUT2D eigenvalue weighted by Crippen LogP contribution is -2.43. The Hall–Kier alpha value is -0.430. The molecule has 0 saturated carbocycles. The van der Waals surface area contributed by atoms with E-state index in [9.17, 15) is 8.42 Å². The Morgan fingerprint density at radius 2 is 2.12 bits per heavy atom. The van der Waals surface area contributed by atoms with Crippen LogP contribution >= 0.6 is 35.3 Å². The Morgan fingerprint density at radius 3 is 2.73 bits per heavy atom. The fourth-order valence-electron chi connectivity index (χ4n) is 2.75. The summed E-state index contributed by atoms with van der Waals surface area (Å²) >= 11 is 1.21. The number of hydrogen-bond acceptors (Lipinski definition) is 5. The van der Waals surface area contributed by atoms with E-state index >= 15 is 0 Å². The molecule has 7 nitrogen and oxygen atoms in total. The molecule has 1 fully saturated rings. The Bertz CT molecular complexity index is 632. The van der Waals surface area contributed by atoms with Crippen molar-refractivity contribution in [2.45, 2.75) is 23.5 Å². The van der Waals surface area contributed by atoms with Gasteiger partial charge in [-0.25, -0.2) is 13.1 Å². The van der Waals surface area contributed by atoms with Gasteiger partial charge in [0, 0.05) is 46.9 Å². The highest BCUT2D eigenvalue weighted by atomic mass is 127. The van der Waals surface area contributed by atoms with Gasteiger partial charge in [0.15, 0.2) is 5.96 Å². The number of sulfonamides is 1. The maximum absolute atomic E-state index is 12.0. The number of rotatable bonds is 8. The summed E-state index contributed by atoms with van der Waals surface area (Å²) in [7, 11) is 0.340. The van der Waals surface area contributed by atoms with Crippen LogP contribution in [-0.4, -0.2) is 66.2 Å². The van der Waals surface area contributed by atoms with Gasteiger partial charge in [0.2, 0.25) is 10.0 Å². The molecule has 2 rings (SSSR count). The van der Waals surface area contributed by atoms with Gasteiger partial charge in [-0.15, -0.1) is 35.3 Å². The summed E-state index contributed by atoms with van der Waals surface area (Å²) in [6.45, 7) is 3.45. The van der Waals surface area contributed by atoms with Crippen LogP contribution in [0.15, 0.2) is 26.7 Å². The fraction of sp³-hybridized carbons (Fsp3) is 0.688. The number of nitrogens with zero attached hydrogens (tertiary/aromatic N) is 2. The quantitative estimate of drug-likeness (QED) is 0.239. The zero-order valence-corrected chi connectivity index (χ0v) is 19.3. The smallest absolute Gasteiger partial charge is 0.250 e. The second kappa shape index (κ2) is 12.1. The lowest BCUT2D eigenvalue weighted by atomic mass is 9.96. The van der Waals surface area contributed by atoms with Gasteiger partial charge in [0.05, 0.1) is 0 Å². The van der Waals surface area contributed by atoms with Crippen molar-refractivity contribution in [2.24, 2.45) is 10.9 Å². The zero-order valence-electron chi connectivity index (χ0n) is 15.3. The molecular formula is C16H29IN4O3S2. The van der Waals surface area contributed by atoms with Crippen molar-refractivity contribution in [2.75, 3.05) is 46.9 Å². The second-order valence-corrected chi connectivity index (χ2v) is 9.01. The van der Waals surface area contributed by atoms with E-state index < -0.39 is 10.0 Å². The van der Waals surface area contributed by atoms with Gasteiger partial charge in [-0.3, -0.25) is 4.99 Å². The molecule has 26 heavy (non-hydrogen) atoms. The molecule has 1 aliphatic rings. The molecule has 150 valence electrons. The highest BCUT2D eigenvalue weighted by molar-refractivity contribution is 14.0. The van der Waals surface area contributed by atoms with E-state index in [1.807, 2.05) is 7.05 Å². The van der Waals surface area contributed by atoms with Crippen LogP contribution in [0.4, 0.5) is 0 Å². The van der Waals surface area contributed by atoms with Crippen molar-refractivity contribution in [3.05, 3.63) is 17.5 Å². The zero-order chi connectivity index (χ0) is 18.1. The third-order valence-electron chi connectivity index (χ3n) is 4.25. The highest BCUT2D eigenvalue weighted by Crippen LogP contribution is 2.18. The van der Waals surface area contributed by atoms with Crippen LogP contribution in [0.2, 0.25) is 0 Å². The average Bonchev–Trinajstić information content (AvgIpc) is 3.16. The number of thiophene rings is 1. The molecule has 1 aromatic rings. The summed E-state index contributed by atoms with van der Waals surface area (Å²) < 4.78 is 32.4. The number of ether oxygens (including phenoxy) is 1. The summed E-state index contributed by atoms with van der Waals surface area (Å²) in [4.78, 5) is 6.35. The molecule has 1 aromatic heterocycles. The van der Waals surface area contributed by atoms with Crippen LogP contribution in [0.3, 0.4) is 0 Å². The van der Waals surface area contributed by atoms with Gasteiger partial charge in [0.25, 0.3) is 0 Å². The van der Waals surface area contributed by atoms with Crippen molar-refractivity contribution >= 4 is 51.3 Å². The van der Waals surface area contributed by atoms with E-state index in [0.717, 1.165) is 45.0 Å². The predicted octanol–water partition coefficient (Wildman–Crippen LogP) is 1.97. The standard InChI is InChI=1S/C16H28N4O3S2.HI/c1-17-16(20(2)10-5-14-6-11-23-12-7-14)18-8-9-19-25(21,22)15-4-3-13-24-15;/h3-4,13-14,19H,5-12H2,1-2H3,(H,17,18);1H. The second-order valence-electron chi connectivity index (χ2n) is 6.07. The summed E-state index contributed by atoms with van der Waals surface area (Å²) in [6, 6.07) is 3.33. The predicted molar refractivity (Wildman–Crippen MR) is 117 cm³/mol. The minimum atomic E-state index is -3.40. The van der Waals surface area contributed by atoms with Gasteiger partial charge in [-0.1, -0.05) is 6.07 Å². The molecule has 0 atom stereocenters. The monoisotopic (exact) mass is 516 g/mol. The minimum absolute atomic E-state index is 0. The van der Waals surface area contributed by atoms with E-state index in [2.05, 4.69) is 19.9 Å². The Morgan fingerprint density at radius 1 is 1.38 bits per heavy atom. The van der Waals surface area contributed by atoms with Crippen LogP contribution in [0.5, 0.6) is 0 Å². The minimum Gasteiger partial charge on any atom is -0.381 e. The normalized spacial score (nSPS) is 16.2. The molecule has 1 saturated heterocycles. The van der Waals surface area contributed by atoms with E-state index in [4.69, 9.17) is 4.74 Å². The van der Waals surface area contributed by atoms with Gasteiger partial charge in [-0.05, 0) is 36.6 Å². The first-order chi connectivity index (χ1) is 12.0. The number of aliphatic imine (C=N–C) groups is 1. The lowest BCUT2D eigenvalue weighted by Gasteiger charge is -2.26. The average molecular weight is 516 g/mol. The van der Waals surface area contributed by atoms with Gasteiger partial charge >= 0.3 is 0 Å². The number of guanidine groups is 1. The lowest BCUT2D eigenvalue weighted by molar-refractivity contribution is 0.0625. The molecule has 0 unspecified atom stereocenters. The van der Waals surface area contributed by atoms with Gasteiger partial charge < -0.3 is 15.0 Å². The SMILES string of the molecule is CN=C(NCCNS(=O)(=O)c1cccs1)N(C)CCC1CCOCC1.I. The van der Waals surface area contributed by atoms with Gasteiger partial charge in [0.1, 0.15) is 4.21 Å². The maximum atomic E-state index is 12.0. The van der Waals surface area contributed by atoms with Crippen LogP contribution in [-0.2, 0) is 14.8 Å². The molecule has 0 spiro atoms. The van der Waals surface area contributed by atoms with Crippen molar-refractivity contribution in [3.63, 3.8) is 0 Å². The molecule has 2 heterocycles. The summed E-state index contributed by atoms with van der Waals surface area (Å²) in [6.07, 6.45) is 3.38. The van der Waals surface area contributed by atoms with Crippen LogP contribution in [0.1, 0.15) is 19.3 Å².